The van der Waals surface area contributed by atoms with Gasteiger partial charge in [0.05, 0.1) is 33.1 Å². The molecule has 0 saturated carbocycles. The van der Waals surface area contributed by atoms with E-state index in [0.29, 0.717) is 0 Å². The number of hydrogen-bond acceptors (Lipinski definition) is 0. The fourth-order valence-corrected chi connectivity index (χ4v) is 12.8. The zero-order chi connectivity index (χ0) is 50.7. The lowest BCUT2D eigenvalue weighted by atomic mass is 9.95. The second-order valence-corrected chi connectivity index (χ2v) is 21.0. The summed E-state index contributed by atoms with van der Waals surface area (Å²) in [6.45, 7) is 2.27. The number of aryl methyl sites for hydroxylation is 1. The van der Waals surface area contributed by atoms with Crippen molar-refractivity contribution in [3.05, 3.63) is 284 Å². The maximum Gasteiger partial charge on any atom is 0.0541 e. The van der Waals surface area contributed by atoms with Crippen molar-refractivity contribution in [2.75, 3.05) is 0 Å². The zero-order valence-electron chi connectivity index (χ0n) is 42.5. The molecule has 0 saturated heterocycles. The minimum Gasteiger partial charge on any atom is -0.309 e. The van der Waals surface area contributed by atoms with Crippen molar-refractivity contribution >= 4 is 119 Å². The molecule has 77 heavy (non-hydrogen) atoms. The van der Waals surface area contributed by atoms with Crippen LogP contribution in [0.5, 0.6) is 0 Å². The Labute approximate surface area is 444 Å². The quantitative estimate of drug-likeness (QED) is 0.163. The summed E-state index contributed by atoms with van der Waals surface area (Å²) in [5.41, 5.74) is 14.4. The minimum atomic E-state index is 0.830. The van der Waals surface area contributed by atoms with E-state index >= 15 is 0 Å². The summed E-state index contributed by atoms with van der Waals surface area (Å²) < 4.78 is 7.29. The van der Waals surface area contributed by atoms with Crippen LogP contribution >= 0.6 is 0 Å². The first-order chi connectivity index (χ1) is 38.1. The van der Waals surface area contributed by atoms with Gasteiger partial charge in [-0.25, -0.2) is 0 Å². The summed E-state index contributed by atoms with van der Waals surface area (Å²) in [4.78, 5) is 0. The first-order valence-corrected chi connectivity index (χ1v) is 26.8. The molecule has 3 aromatic heterocycles. The molecule has 0 N–H and O–H groups in total. The van der Waals surface area contributed by atoms with Crippen LogP contribution in [-0.4, -0.2) is 13.7 Å². The highest BCUT2D eigenvalue weighted by molar-refractivity contribution is 6.18. The molecule has 0 unspecified atom stereocenters. The van der Waals surface area contributed by atoms with Crippen LogP contribution in [0.4, 0.5) is 0 Å². The van der Waals surface area contributed by atoms with E-state index in [0.717, 1.165) is 23.5 Å². The summed E-state index contributed by atoms with van der Waals surface area (Å²) >= 11 is 0. The summed E-state index contributed by atoms with van der Waals surface area (Å²) in [6.07, 6.45) is 0.830. The Hall–Kier alpha value is -9.96. The highest BCUT2D eigenvalue weighted by Gasteiger charge is 2.18. The van der Waals surface area contributed by atoms with Crippen LogP contribution in [0.3, 0.4) is 0 Å². The smallest absolute Gasteiger partial charge is 0.0541 e. The molecule has 3 heterocycles. The van der Waals surface area contributed by atoms with Gasteiger partial charge in [-0.1, -0.05) is 146 Å². The van der Waals surface area contributed by atoms with Crippen LogP contribution in [-0.2, 0) is 6.42 Å². The van der Waals surface area contributed by atoms with Gasteiger partial charge >= 0.3 is 0 Å². The average molecular weight is 980 g/mol. The molecular weight excluding hydrogens is 931 g/mol. The first-order valence-electron chi connectivity index (χ1n) is 26.8. The van der Waals surface area contributed by atoms with E-state index in [1.165, 1.54) is 136 Å². The second kappa shape index (κ2) is 17.0. The molecule has 16 bridgehead atoms. The summed E-state index contributed by atoms with van der Waals surface area (Å²) in [6, 6.07) is 100. The van der Waals surface area contributed by atoms with Gasteiger partial charge in [-0.2, -0.15) is 0 Å². The molecule has 360 valence electrons. The van der Waals surface area contributed by atoms with E-state index in [-0.39, 0.29) is 0 Å². The highest BCUT2D eigenvalue weighted by Crippen LogP contribution is 2.41. The minimum absolute atomic E-state index is 0.830. The number of fused-ring (bicyclic) bond motifs is 15. The summed E-state index contributed by atoms with van der Waals surface area (Å²) in [7, 11) is 0. The van der Waals surface area contributed by atoms with Gasteiger partial charge in [-0.3, -0.25) is 0 Å². The van der Waals surface area contributed by atoms with Crippen LogP contribution in [0.1, 0.15) is 16.7 Å². The van der Waals surface area contributed by atoms with Crippen molar-refractivity contribution in [3.63, 3.8) is 0 Å². The predicted octanol–water partition coefficient (Wildman–Crippen LogP) is 19.8. The topological polar surface area (TPSA) is 14.8 Å². The summed E-state index contributed by atoms with van der Waals surface area (Å²) in [5.74, 6) is 0. The molecule has 0 spiro atoms. The zero-order valence-corrected chi connectivity index (χ0v) is 42.5. The van der Waals surface area contributed by atoms with Crippen molar-refractivity contribution in [2.45, 2.75) is 13.3 Å². The molecule has 13 aromatic carbocycles. The fraction of sp³-hybridized carbons (Fsp3) is 0.0270. The molecule has 0 aliphatic carbocycles. The third kappa shape index (κ3) is 6.91. The average Bonchev–Trinajstić information content (AvgIpc) is 4.34. The van der Waals surface area contributed by atoms with E-state index in [4.69, 9.17) is 0 Å². The van der Waals surface area contributed by atoms with Gasteiger partial charge in [-0.15, -0.1) is 0 Å². The standard InChI is InChI=1S/C74H49N3/c1-47-22-23-49-39-61(47)62-40-50(24-25-57(62)38-48-14-6-2-7-15-48)52-27-33-70-64(42-52)66-44-54(29-35-72(66)76(70)59-18-10-4-11-19-59)56-31-37-74-68(46-56)67-45-55(30-36-73(67)77(74)60-20-12-5-13-21-60)53-28-34-71-65(43-53)63-41-51(49)26-32-69(63)75(71)58-16-8-3-9-17-58/h2-37,39-46H,38H2,1H3. The molecule has 0 atom stereocenters. The van der Waals surface area contributed by atoms with Gasteiger partial charge in [0.15, 0.2) is 0 Å². The van der Waals surface area contributed by atoms with Crippen molar-refractivity contribution < 1.29 is 0 Å². The lowest BCUT2D eigenvalue weighted by Gasteiger charge is -2.10. The van der Waals surface area contributed by atoms with Crippen molar-refractivity contribution in [3.8, 4) is 17.1 Å². The van der Waals surface area contributed by atoms with Crippen LogP contribution < -0.4 is 0 Å². The Balaban J connectivity index is 1.07. The number of hydrogen-bond donors (Lipinski definition) is 0. The second-order valence-electron chi connectivity index (χ2n) is 21.0. The molecule has 16 aromatic rings. The first kappa shape index (κ1) is 43.4. The normalized spacial score (nSPS) is 12.0. The monoisotopic (exact) mass is 979 g/mol. The molecule has 3 nitrogen and oxygen atoms in total. The van der Waals surface area contributed by atoms with Crippen LogP contribution in [0.25, 0.3) is 136 Å². The molecular formula is C74H49N3. The van der Waals surface area contributed by atoms with Gasteiger partial charge in [0, 0.05) is 49.4 Å². The third-order valence-corrected chi connectivity index (χ3v) is 16.5. The van der Waals surface area contributed by atoms with Crippen LogP contribution in [0, 0.1) is 6.92 Å². The van der Waals surface area contributed by atoms with E-state index in [1.54, 1.807) is 0 Å². The van der Waals surface area contributed by atoms with Crippen LogP contribution in [0.15, 0.2) is 267 Å². The van der Waals surface area contributed by atoms with E-state index in [1.807, 2.05) is 0 Å². The number of benzene rings is 12. The maximum absolute atomic E-state index is 2.45. The van der Waals surface area contributed by atoms with E-state index in [2.05, 4.69) is 288 Å². The molecule has 0 aliphatic heterocycles. The van der Waals surface area contributed by atoms with Crippen molar-refractivity contribution in [2.24, 2.45) is 0 Å². The van der Waals surface area contributed by atoms with E-state index < -0.39 is 0 Å². The molecule has 0 amide bonds. The van der Waals surface area contributed by atoms with Crippen LogP contribution in [0.2, 0.25) is 0 Å². The number of rotatable bonds is 5. The maximum atomic E-state index is 2.45. The van der Waals surface area contributed by atoms with Gasteiger partial charge in [0.25, 0.3) is 0 Å². The Kier molecular flexibility index (Phi) is 9.61. The Morgan fingerprint density at radius 3 is 0.818 bits per heavy atom. The molecule has 0 aliphatic rings. The van der Waals surface area contributed by atoms with Crippen molar-refractivity contribution in [1.29, 1.82) is 0 Å². The predicted molar refractivity (Wildman–Crippen MR) is 329 cm³/mol. The van der Waals surface area contributed by atoms with Gasteiger partial charge in [0.2, 0.25) is 0 Å². The lowest BCUT2D eigenvalue weighted by Crippen LogP contribution is -1.93. The van der Waals surface area contributed by atoms with Gasteiger partial charge < -0.3 is 13.7 Å². The number of aromatic nitrogens is 3. The fourth-order valence-electron chi connectivity index (χ4n) is 12.8. The van der Waals surface area contributed by atoms with Crippen molar-refractivity contribution in [1.82, 2.24) is 13.7 Å². The summed E-state index contributed by atoms with van der Waals surface area (Å²) in [5, 5.41) is 19.4. The highest BCUT2D eigenvalue weighted by atomic mass is 15.0. The Bertz CT molecular complexity index is 5160. The van der Waals surface area contributed by atoms with Gasteiger partial charge in [0.1, 0.15) is 0 Å². The van der Waals surface area contributed by atoms with Gasteiger partial charge in [-0.05, 0) is 205 Å². The Morgan fingerprint density at radius 2 is 0.494 bits per heavy atom. The molecule has 16 rings (SSSR count). The largest absolute Gasteiger partial charge is 0.309 e. The SMILES string of the molecule is Cc1ccc2cc1c1cc(ccc1Cc1ccccc1)c1ccc3c(c1)c1cc(ccc1n3-c1ccccc1)c1ccc3c(c1)c1cc(ccc1n3-c1ccccc1)c1ccc3c(c1)c1cc2ccc1n3-c1ccccc1. The number of nitrogens with zero attached hydrogens (tertiary/aromatic N) is 3. The molecule has 0 fully saturated rings. The third-order valence-electron chi connectivity index (χ3n) is 16.5. The molecule has 0 radical (unpaired) electrons. The Morgan fingerprint density at radius 1 is 0.234 bits per heavy atom. The van der Waals surface area contributed by atoms with E-state index in [9.17, 15) is 0 Å². The lowest BCUT2D eigenvalue weighted by molar-refractivity contribution is 1.18. The number of para-hydroxylation sites is 3. The molecule has 3 heteroatoms.